The van der Waals surface area contributed by atoms with Gasteiger partial charge in [-0.05, 0) is 63.5 Å². The summed E-state index contributed by atoms with van der Waals surface area (Å²) < 4.78 is 6.91. The van der Waals surface area contributed by atoms with Crippen LogP contribution in [0.15, 0.2) is 231 Å². The van der Waals surface area contributed by atoms with Crippen molar-refractivity contribution in [2.24, 2.45) is 0 Å². The van der Waals surface area contributed by atoms with Crippen LogP contribution in [0, 0.1) is 0 Å². The molecule has 0 aliphatic heterocycles. The second-order valence-corrected chi connectivity index (χ2v) is 17.9. The number of aromatic nitrogens is 6. The van der Waals surface area contributed by atoms with Crippen LogP contribution in [0.3, 0.4) is 0 Å². The summed E-state index contributed by atoms with van der Waals surface area (Å²) in [6, 6.07) is 82.9. The molecule has 69 heavy (non-hydrogen) atoms. The summed E-state index contributed by atoms with van der Waals surface area (Å²) >= 11 is 0. The van der Waals surface area contributed by atoms with Gasteiger partial charge in [0.25, 0.3) is 0 Å². The third-order valence-electron chi connectivity index (χ3n) is 14.3. The summed E-state index contributed by atoms with van der Waals surface area (Å²) in [5.41, 5.74) is 10.7. The summed E-state index contributed by atoms with van der Waals surface area (Å²) in [5.74, 6) is 1.69. The van der Waals surface area contributed by atoms with Crippen molar-refractivity contribution in [3.63, 3.8) is 0 Å². The number of para-hydroxylation sites is 7. The van der Waals surface area contributed by atoms with E-state index < -0.39 is 0 Å². The first kappa shape index (κ1) is 37.8. The maximum absolute atomic E-state index is 5.43. The van der Waals surface area contributed by atoms with Gasteiger partial charge in [0.15, 0.2) is 5.82 Å². The molecule has 0 atom stereocenters. The second kappa shape index (κ2) is 14.6. The highest BCUT2D eigenvalue weighted by Gasteiger charge is 2.22. The first-order valence-electron chi connectivity index (χ1n) is 23.5. The normalized spacial score (nSPS) is 12.1. The standard InChI is InChI=1S/C63H38N6/c1-3-22-44-42(20-1)43-21-2-4-23-45(43)51-30-17-32-53-52-31-16-29-41(59(52)69(60(51)53)58-37-14-5-24-46(44)58)39-18-15-19-40(38-39)61-64-62(67-54-33-10-6-25-47(54)48-26-7-11-34-55(48)67)66-63(65-61)68-56-35-12-8-27-49(56)50-28-9-13-36-57(50)68/h1-38H. The SMILES string of the molecule is c1cc(-c2nc(-n3c4ccccc4c4ccccc43)nc(-n3c4ccccc4c4ccccc43)n2)cc(-c2cccc3c4cccc5c6ccccc6c6ccccc6c6ccccc6n(c23)c54)c1. The summed E-state index contributed by atoms with van der Waals surface area (Å²) in [6.45, 7) is 0. The van der Waals surface area contributed by atoms with Crippen LogP contribution in [0.4, 0.5) is 0 Å². The molecule has 0 N–H and O–H groups in total. The molecule has 320 valence electrons. The van der Waals surface area contributed by atoms with Crippen molar-refractivity contribution < 1.29 is 0 Å². The van der Waals surface area contributed by atoms with E-state index >= 15 is 0 Å². The van der Waals surface area contributed by atoms with Gasteiger partial charge in [0.1, 0.15) is 0 Å². The van der Waals surface area contributed by atoms with Crippen molar-refractivity contribution in [2.75, 3.05) is 0 Å². The summed E-state index contributed by atoms with van der Waals surface area (Å²) in [5, 5.41) is 14.2. The smallest absolute Gasteiger partial charge is 0.240 e. The average Bonchev–Trinajstić information content (AvgIpc) is 4.07. The van der Waals surface area contributed by atoms with Gasteiger partial charge < -0.3 is 4.40 Å². The molecule has 0 aliphatic rings. The molecule has 15 rings (SSSR count). The van der Waals surface area contributed by atoms with Crippen LogP contribution in [0.1, 0.15) is 0 Å². The first-order chi connectivity index (χ1) is 34.3. The van der Waals surface area contributed by atoms with Crippen molar-refractivity contribution in [1.82, 2.24) is 28.5 Å². The molecule has 15 aromatic rings. The van der Waals surface area contributed by atoms with Crippen LogP contribution in [0.25, 0.3) is 138 Å². The van der Waals surface area contributed by atoms with E-state index in [1.165, 1.54) is 48.6 Å². The number of benzene rings is 10. The highest BCUT2D eigenvalue weighted by Crippen LogP contribution is 2.42. The van der Waals surface area contributed by atoms with Gasteiger partial charge in [0.05, 0.1) is 38.6 Å². The quantitative estimate of drug-likeness (QED) is 0.177. The largest absolute Gasteiger partial charge is 0.307 e. The lowest BCUT2D eigenvalue weighted by atomic mass is 9.99. The van der Waals surface area contributed by atoms with Gasteiger partial charge in [-0.25, -0.2) is 0 Å². The molecule has 0 unspecified atom stereocenters. The van der Waals surface area contributed by atoms with E-state index in [2.05, 4.69) is 244 Å². The summed E-state index contributed by atoms with van der Waals surface area (Å²) in [6.07, 6.45) is 0. The molecule has 5 aromatic heterocycles. The number of nitrogens with zero attached hydrogens (tertiary/aromatic N) is 6. The molecule has 0 radical (unpaired) electrons. The minimum Gasteiger partial charge on any atom is -0.307 e. The van der Waals surface area contributed by atoms with Gasteiger partial charge in [0, 0.05) is 54.2 Å². The lowest BCUT2D eigenvalue weighted by Gasteiger charge is -2.13. The van der Waals surface area contributed by atoms with Crippen LogP contribution < -0.4 is 0 Å². The number of fused-ring (bicyclic) bond motifs is 16. The fraction of sp³-hybridized carbons (Fsp3) is 0. The number of rotatable bonds is 4. The molecule has 5 heterocycles. The Morgan fingerprint density at radius 3 is 1.09 bits per heavy atom. The zero-order valence-corrected chi connectivity index (χ0v) is 37.1. The molecular formula is C63H38N6. The Bertz CT molecular complexity index is 4450. The van der Waals surface area contributed by atoms with Gasteiger partial charge in [-0.1, -0.05) is 194 Å². The summed E-state index contributed by atoms with van der Waals surface area (Å²) in [7, 11) is 0. The van der Waals surface area contributed by atoms with Gasteiger partial charge in [-0.3, -0.25) is 9.13 Å². The Hall–Kier alpha value is -9.39. The van der Waals surface area contributed by atoms with Crippen LogP contribution in [0.2, 0.25) is 0 Å². The number of hydrogen-bond acceptors (Lipinski definition) is 3. The van der Waals surface area contributed by atoms with Gasteiger partial charge >= 0.3 is 0 Å². The molecular weight excluding hydrogens is 841 g/mol. The van der Waals surface area contributed by atoms with Crippen molar-refractivity contribution in [2.45, 2.75) is 0 Å². The maximum Gasteiger partial charge on any atom is 0.240 e. The Balaban J connectivity index is 1.04. The minimum absolute atomic E-state index is 0.553. The van der Waals surface area contributed by atoms with E-state index in [0.717, 1.165) is 71.3 Å². The van der Waals surface area contributed by atoms with E-state index in [1.807, 2.05) is 0 Å². The van der Waals surface area contributed by atoms with E-state index in [9.17, 15) is 0 Å². The maximum atomic E-state index is 5.43. The molecule has 10 aromatic carbocycles. The molecule has 0 fully saturated rings. The molecule has 0 saturated heterocycles. The molecule has 0 aliphatic carbocycles. The molecule has 0 amide bonds. The van der Waals surface area contributed by atoms with E-state index in [0.29, 0.717) is 17.7 Å². The van der Waals surface area contributed by atoms with Gasteiger partial charge in [-0.2, -0.15) is 15.0 Å². The zero-order chi connectivity index (χ0) is 45.2. The van der Waals surface area contributed by atoms with E-state index in [1.54, 1.807) is 0 Å². The predicted octanol–water partition coefficient (Wildman–Crippen LogP) is 16.0. The third-order valence-corrected chi connectivity index (χ3v) is 14.3. The minimum atomic E-state index is 0.553. The third kappa shape index (κ3) is 5.45. The molecule has 0 saturated carbocycles. The van der Waals surface area contributed by atoms with E-state index in [-0.39, 0.29) is 0 Å². The zero-order valence-electron chi connectivity index (χ0n) is 37.1. The highest BCUT2D eigenvalue weighted by molar-refractivity contribution is 6.26. The Kier molecular flexibility index (Phi) is 7.97. The Morgan fingerprint density at radius 1 is 0.246 bits per heavy atom. The number of hydrogen-bond donors (Lipinski definition) is 0. The monoisotopic (exact) mass is 878 g/mol. The summed E-state index contributed by atoms with van der Waals surface area (Å²) in [4.78, 5) is 16.3. The van der Waals surface area contributed by atoms with Crippen LogP contribution in [-0.4, -0.2) is 28.5 Å². The average molecular weight is 879 g/mol. The van der Waals surface area contributed by atoms with Crippen molar-refractivity contribution >= 4 is 103 Å². The van der Waals surface area contributed by atoms with Gasteiger partial charge in [-0.15, -0.1) is 0 Å². The first-order valence-corrected chi connectivity index (χ1v) is 23.5. The Morgan fingerprint density at radius 2 is 0.580 bits per heavy atom. The van der Waals surface area contributed by atoms with Crippen LogP contribution >= 0.6 is 0 Å². The molecule has 0 spiro atoms. The predicted molar refractivity (Wildman–Crippen MR) is 287 cm³/mol. The van der Waals surface area contributed by atoms with Crippen molar-refractivity contribution in [3.8, 4) is 34.4 Å². The van der Waals surface area contributed by atoms with Crippen LogP contribution in [0.5, 0.6) is 0 Å². The molecule has 0 bridgehead atoms. The van der Waals surface area contributed by atoms with Crippen molar-refractivity contribution in [3.05, 3.63) is 231 Å². The van der Waals surface area contributed by atoms with Crippen molar-refractivity contribution in [1.29, 1.82) is 0 Å². The highest BCUT2D eigenvalue weighted by atomic mass is 15.3. The lowest BCUT2D eigenvalue weighted by Crippen LogP contribution is -2.10. The lowest BCUT2D eigenvalue weighted by molar-refractivity contribution is 0.893. The van der Waals surface area contributed by atoms with Gasteiger partial charge in [0.2, 0.25) is 11.9 Å². The Labute approximate surface area is 394 Å². The second-order valence-electron chi connectivity index (χ2n) is 17.9. The van der Waals surface area contributed by atoms with E-state index in [4.69, 9.17) is 15.0 Å². The fourth-order valence-corrected chi connectivity index (χ4v) is 11.4. The molecule has 6 heteroatoms. The van der Waals surface area contributed by atoms with Crippen LogP contribution in [-0.2, 0) is 0 Å². The topological polar surface area (TPSA) is 52.9 Å². The fourth-order valence-electron chi connectivity index (χ4n) is 11.4. The molecule has 6 nitrogen and oxygen atoms in total.